The van der Waals surface area contributed by atoms with E-state index in [-0.39, 0.29) is 24.7 Å². The average molecular weight is 614 g/mol. The summed E-state index contributed by atoms with van der Waals surface area (Å²) in [6.07, 6.45) is 4.17. The molecule has 2 fully saturated rings. The molecule has 8 nitrogen and oxygen atoms in total. The van der Waals surface area contributed by atoms with Gasteiger partial charge in [-0.25, -0.2) is 0 Å². The van der Waals surface area contributed by atoms with E-state index in [4.69, 9.17) is 21.1 Å². The number of carbonyl (C=O) groups is 1. The number of aliphatic hydroxyl groups excluding tert-OH is 1. The van der Waals surface area contributed by atoms with Gasteiger partial charge >= 0.3 is 0 Å². The van der Waals surface area contributed by atoms with Crippen LogP contribution in [0.1, 0.15) is 64.3 Å². The molecule has 0 spiro atoms. The first-order valence-electron chi connectivity index (χ1n) is 14.9. The molecule has 228 valence electrons. The van der Waals surface area contributed by atoms with Crippen molar-refractivity contribution >= 4 is 23.2 Å². The Morgan fingerprint density at radius 2 is 1.66 bits per heavy atom. The molecular weight excluding hydrogens is 578 g/mol. The number of likely N-dealkylation sites (tertiary alicyclic amines) is 1. The Morgan fingerprint density at radius 1 is 0.955 bits per heavy atom. The molecule has 3 N–H and O–H groups in total. The maximum absolute atomic E-state index is 12.6. The van der Waals surface area contributed by atoms with Crippen LogP contribution in [-0.4, -0.2) is 51.7 Å². The maximum atomic E-state index is 12.6. The summed E-state index contributed by atoms with van der Waals surface area (Å²) in [7, 11) is 0. The van der Waals surface area contributed by atoms with Crippen LogP contribution in [0.3, 0.4) is 0 Å². The van der Waals surface area contributed by atoms with Gasteiger partial charge in [0.25, 0.3) is 5.91 Å². The van der Waals surface area contributed by atoms with Gasteiger partial charge in [0.1, 0.15) is 0 Å². The van der Waals surface area contributed by atoms with Crippen LogP contribution in [0, 0.1) is 0 Å². The first-order valence-corrected chi connectivity index (χ1v) is 15.3. The molecular formula is C35H36ClN3O5. The fraction of sp³-hybridized carbons (Fsp3) is 0.314. The number of ether oxygens (including phenoxy) is 2. The number of hydrogen-bond donors (Lipinski definition) is 3. The van der Waals surface area contributed by atoms with Gasteiger partial charge in [0, 0.05) is 54.7 Å². The van der Waals surface area contributed by atoms with Crippen LogP contribution in [0.2, 0.25) is 5.02 Å². The Kier molecular flexibility index (Phi) is 9.37. The molecule has 2 aliphatic rings. The molecule has 3 heterocycles. The Labute approximate surface area is 262 Å². The molecule has 9 heteroatoms. The summed E-state index contributed by atoms with van der Waals surface area (Å²) >= 11 is 6.06. The van der Waals surface area contributed by atoms with Gasteiger partial charge in [-0.15, -0.1) is 0 Å². The SMILES string of the molecule is O=C(Nc1ccc([C@H]2O[C@@H](CN3CCC(O)(c4ccc(Cl)cc4)CC3)C[C@@H](c3ccc(CO)cc3)O2)cc1)c1cccnc1. The number of aliphatic hydroxyl groups is 2. The highest BCUT2D eigenvalue weighted by atomic mass is 35.5. The number of nitrogens with zero attached hydrogens (tertiary/aromatic N) is 2. The predicted octanol–water partition coefficient (Wildman–Crippen LogP) is 6.01. The Bertz CT molecular complexity index is 1530. The summed E-state index contributed by atoms with van der Waals surface area (Å²) in [6, 6.07) is 26.2. The molecule has 0 radical (unpaired) electrons. The van der Waals surface area contributed by atoms with E-state index in [0.717, 1.165) is 35.3 Å². The number of hydrogen-bond acceptors (Lipinski definition) is 7. The minimum Gasteiger partial charge on any atom is -0.392 e. The highest BCUT2D eigenvalue weighted by Gasteiger charge is 2.37. The van der Waals surface area contributed by atoms with Crippen LogP contribution in [0.4, 0.5) is 5.69 Å². The largest absolute Gasteiger partial charge is 0.392 e. The van der Waals surface area contributed by atoms with Gasteiger partial charge in [-0.2, -0.15) is 0 Å². The van der Waals surface area contributed by atoms with Crippen molar-refractivity contribution in [3.05, 3.63) is 130 Å². The molecule has 4 aromatic rings. The van der Waals surface area contributed by atoms with E-state index >= 15 is 0 Å². The molecule has 0 unspecified atom stereocenters. The third-order valence-corrected chi connectivity index (χ3v) is 8.76. The predicted molar refractivity (Wildman–Crippen MR) is 168 cm³/mol. The summed E-state index contributed by atoms with van der Waals surface area (Å²) in [5.41, 5.74) is 3.89. The van der Waals surface area contributed by atoms with Crippen LogP contribution < -0.4 is 5.32 Å². The van der Waals surface area contributed by atoms with Gasteiger partial charge in [0.2, 0.25) is 0 Å². The van der Waals surface area contributed by atoms with Gasteiger partial charge in [-0.3, -0.25) is 9.78 Å². The molecule has 0 aliphatic carbocycles. The first-order chi connectivity index (χ1) is 21.4. The fourth-order valence-electron chi connectivity index (χ4n) is 5.90. The normalized spacial score (nSPS) is 21.9. The lowest BCUT2D eigenvalue weighted by Gasteiger charge is -2.42. The summed E-state index contributed by atoms with van der Waals surface area (Å²) < 4.78 is 13.0. The summed E-state index contributed by atoms with van der Waals surface area (Å²) in [4.78, 5) is 18.9. The van der Waals surface area contributed by atoms with Crippen LogP contribution in [0.5, 0.6) is 0 Å². The lowest BCUT2D eigenvalue weighted by molar-refractivity contribution is -0.253. The number of carbonyl (C=O) groups excluding carboxylic acids is 1. The van der Waals surface area contributed by atoms with Crippen molar-refractivity contribution in [1.82, 2.24) is 9.88 Å². The minimum absolute atomic E-state index is 0.0127. The maximum Gasteiger partial charge on any atom is 0.257 e. The molecule has 1 aromatic heterocycles. The lowest BCUT2D eigenvalue weighted by Crippen LogP contribution is -2.46. The van der Waals surface area contributed by atoms with E-state index in [1.165, 1.54) is 6.20 Å². The zero-order valence-corrected chi connectivity index (χ0v) is 25.1. The molecule has 2 aliphatic heterocycles. The minimum atomic E-state index is -0.870. The highest BCUT2D eigenvalue weighted by Crippen LogP contribution is 2.39. The van der Waals surface area contributed by atoms with Crippen molar-refractivity contribution in [3.8, 4) is 0 Å². The smallest absolute Gasteiger partial charge is 0.257 e. The zero-order valence-electron chi connectivity index (χ0n) is 24.3. The number of benzene rings is 3. The fourth-order valence-corrected chi connectivity index (χ4v) is 6.03. The van der Waals surface area contributed by atoms with Crippen molar-refractivity contribution < 1.29 is 24.5 Å². The topological polar surface area (TPSA) is 104 Å². The number of piperidine rings is 1. The standard InChI is InChI=1S/C35H36ClN3O5/c36-29-11-9-28(10-12-29)35(42)15-18-39(19-16-35)22-31-20-32(25-5-3-24(23-40)4-6-25)44-34(43-31)26-7-13-30(14-8-26)38-33(41)27-2-1-17-37-21-27/h1-14,17,21,31-32,34,40,42H,15-16,18-20,22-23H2,(H,38,41)/t31-,32+,34+/m1/s1. The summed E-state index contributed by atoms with van der Waals surface area (Å²) in [6.45, 7) is 2.18. The molecule has 0 bridgehead atoms. The van der Waals surface area contributed by atoms with Crippen LogP contribution in [0.15, 0.2) is 97.3 Å². The van der Waals surface area contributed by atoms with Crippen LogP contribution >= 0.6 is 11.6 Å². The first kappa shape index (κ1) is 30.4. The zero-order chi connectivity index (χ0) is 30.5. The molecule has 3 atom stereocenters. The van der Waals surface area contributed by atoms with Crippen molar-refractivity contribution in [1.29, 1.82) is 0 Å². The lowest BCUT2D eigenvalue weighted by atomic mass is 9.84. The van der Waals surface area contributed by atoms with Crippen molar-refractivity contribution in [3.63, 3.8) is 0 Å². The Morgan fingerprint density at radius 3 is 2.32 bits per heavy atom. The second-order valence-electron chi connectivity index (χ2n) is 11.5. The van der Waals surface area contributed by atoms with Gasteiger partial charge in [-0.05, 0) is 65.9 Å². The second-order valence-corrected chi connectivity index (χ2v) is 11.9. The monoisotopic (exact) mass is 613 g/mol. The van der Waals surface area contributed by atoms with Gasteiger partial charge in [0.15, 0.2) is 6.29 Å². The van der Waals surface area contributed by atoms with Crippen molar-refractivity contribution in [2.75, 3.05) is 25.0 Å². The summed E-state index contributed by atoms with van der Waals surface area (Å²) in [5.74, 6) is -0.230. The van der Waals surface area contributed by atoms with E-state index in [0.29, 0.717) is 42.1 Å². The molecule has 2 saturated heterocycles. The third-order valence-electron chi connectivity index (χ3n) is 8.51. The number of aromatic nitrogens is 1. The number of rotatable bonds is 8. The van der Waals surface area contributed by atoms with E-state index in [9.17, 15) is 15.0 Å². The van der Waals surface area contributed by atoms with Crippen molar-refractivity contribution in [2.45, 2.75) is 50.0 Å². The van der Waals surface area contributed by atoms with Crippen molar-refractivity contribution in [2.24, 2.45) is 0 Å². The van der Waals surface area contributed by atoms with Gasteiger partial charge < -0.3 is 29.9 Å². The van der Waals surface area contributed by atoms with Crippen LogP contribution in [-0.2, 0) is 21.7 Å². The molecule has 1 amide bonds. The second kappa shape index (κ2) is 13.6. The highest BCUT2D eigenvalue weighted by molar-refractivity contribution is 6.30. The number of halogens is 1. The molecule has 44 heavy (non-hydrogen) atoms. The Hall–Kier alpha value is -3.63. The third kappa shape index (κ3) is 7.18. The quantitative estimate of drug-likeness (QED) is 0.224. The molecule has 0 saturated carbocycles. The number of nitrogens with one attached hydrogen (secondary N) is 1. The summed E-state index contributed by atoms with van der Waals surface area (Å²) in [5, 5.41) is 24.4. The van der Waals surface area contributed by atoms with Crippen LogP contribution in [0.25, 0.3) is 0 Å². The van der Waals surface area contributed by atoms with E-state index in [2.05, 4.69) is 15.2 Å². The number of anilines is 1. The average Bonchev–Trinajstić information content (AvgIpc) is 3.07. The molecule has 6 rings (SSSR count). The molecule has 3 aromatic carbocycles. The van der Waals surface area contributed by atoms with E-state index in [1.54, 1.807) is 18.3 Å². The number of amides is 1. The van der Waals surface area contributed by atoms with Gasteiger partial charge in [-0.1, -0.05) is 60.1 Å². The number of pyridine rings is 1. The van der Waals surface area contributed by atoms with E-state index < -0.39 is 11.9 Å². The van der Waals surface area contributed by atoms with Gasteiger partial charge in [0.05, 0.1) is 30.0 Å². The Balaban J connectivity index is 1.14. The van der Waals surface area contributed by atoms with E-state index in [1.807, 2.05) is 72.8 Å².